The van der Waals surface area contributed by atoms with Gasteiger partial charge in [-0.15, -0.1) is 0 Å². The molecule has 0 fully saturated rings. The summed E-state index contributed by atoms with van der Waals surface area (Å²) < 4.78 is 49.5. The first-order chi connectivity index (χ1) is 7.70. The van der Waals surface area contributed by atoms with E-state index in [4.69, 9.17) is 0 Å². The molecular formula is C11H13F4NO. The summed E-state index contributed by atoms with van der Waals surface area (Å²) in [7, 11) is 1.27. The Labute approximate surface area is 96.5 Å². The molecule has 1 rings (SSSR count). The van der Waals surface area contributed by atoms with E-state index in [9.17, 15) is 22.7 Å². The van der Waals surface area contributed by atoms with Crippen molar-refractivity contribution in [2.24, 2.45) is 0 Å². The molecule has 1 aromatic rings. The second-order valence-corrected chi connectivity index (χ2v) is 3.91. The van der Waals surface area contributed by atoms with Crippen LogP contribution in [0, 0.1) is 5.82 Å². The van der Waals surface area contributed by atoms with Gasteiger partial charge >= 0.3 is 6.18 Å². The number of nitrogens with zero attached hydrogens (tertiary/aromatic N) is 1. The van der Waals surface area contributed by atoms with E-state index in [0.717, 1.165) is 23.1 Å². The summed E-state index contributed by atoms with van der Waals surface area (Å²) in [6.07, 6.45) is -4.33. The van der Waals surface area contributed by atoms with E-state index >= 15 is 0 Å². The third-order valence-corrected chi connectivity index (χ3v) is 2.53. The first kappa shape index (κ1) is 13.8. The predicted octanol–water partition coefficient (Wildman–Crippen LogP) is 3.09. The molecule has 1 unspecified atom stereocenters. The van der Waals surface area contributed by atoms with E-state index in [1.54, 1.807) is 0 Å². The lowest BCUT2D eigenvalue weighted by Crippen LogP contribution is -2.33. The predicted molar refractivity (Wildman–Crippen MR) is 55.2 cm³/mol. The van der Waals surface area contributed by atoms with Crippen molar-refractivity contribution in [2.45, 2.75) is 19.1 Å². The zero-order chi connectivity index (χ0) is 13.2. The van der Waals surface area contributed by atoms with E-state index in [2.05, 4.69) is 0 Å². The Balaban J connectivity index is 2.88. The second kappa shape index (κ2) is 4.91. The summed E-state index contributed by atoms with van der Waals surface area (Å²) >= 11 is 0. The number of phenols is 1. The van der Waals surface area contributed by atoms with Crippen LogP contribution in [0.4, 0.5) is 17.6 Å². The van der Waals surface area contributed by atoms with Crippen molar-refractivity contribution in [3.05, 3.63) is 29.6 Å². The summed E-state index contributed by atoms with van der Waals surface area (Å²) in [6.45, 7) is 0.352. The average molecular weight is 251 g/mol. The Morgan fingerprint density at radius 3 is 2.47 bits per heavy atom. The van der Waals surface area contributed by atoms with Crippen LogP contribution in [0.1, 0.15) is 18.5 Å². The Hall–Kier alpha value is -1.30. The first-order valence-electron chi connectivity index (χ1n) is 4.96. The average Bonchev–Trinajstić information content (AvgIpc) is 2.18. The number of hydrogen-bond acceptors (Lipinski definition) is 2. The lowest BCUT2D eigenvalue weighted by molar-refractivity contribution is -0.147. The molecule has 96 valence electrons. The molecule has 0 aliphatic carbocycles. The smallest absolute Gasteiger partial charge is 0.401 e. The maximum Gasteiger partial charge on any atom is 0.401 e. The van der Waals surface area contributed by atoms with Crippen LogP contribution in [-0.2, 0) is 0 Å². The molecule has 0 radical (unpaired) electrons. The van der Waals surface area contributed by atoms with Crippen LogP contribution in [0.5, 0.6) is 5.75 Å². The molecule has 1 aromatic carbocycles. The molecular weight excluding hydrogens is 238 g/mol. The van der Waals surface area contributed by atoms with Crippen LogP contribution in [-0.4, -0.2) is 29.8 Å². The van der Waals surface area contributed by atoms with Crippen LogP contribution in [0.3, 0.4) is 0 Å². The van der Waals surface area contributed by atoms with Gasteiger partial charge in [0.05, 0.1) is 6.54 Å². The van der Waals surface area contributed by atoms with Gasteiger partial charge in [0.1, 0.15) is 11.6 Å². The largest absolute Gasteiger partial charge is 0.508 e. The van der Waals surface area contributed by atoms with Crippen molar-refractivity contribution in [1.82, 2.24) is 4.90 Å². The number of phenolic OH excluding ortho intramolecular Hbond substituents is 1. The fourth-order valence-electron chi connectivity index (χ4n) is 1.52. The number of rotatable bonds is 3. The second-order valence-electron chi connectivity index (χ2n) is 3.91. The van der Waals surface area contributed by atoms with Gasteiger partial charge < -0.3 is 5.11 Å². The van der Waals surface area contributed by atoms with Gasteiger partial charge in [0.25, 0.3) is 0 Å². The molecule has 0 aromatic heterocycles. The SMILES string of the molecule is CC(c1cc(F)ccc1O)N(C)CC(F)(F)F. The molecule has 0 aliphatic rings. The van der Waals surface area contributed by atoms with Gasteiger partial charge in [-0.2, -0.15) is 13.2 Å². The molecule has 6 heteroatoms. The van der Waals surface area contributed by atoms with Gasteiger partial charge in [-0.05, 0) is 32.2 Å². The summed E-state index contributed by atoms with van der Waals surface area (Å²) in [5.74, 6) is -0.807. The molecule has 0 saturated heterocycles. The summed E-state index contributed by atoms with van der Waals surface area (Å²) in [6, 6.07) is 2.48. The van der Waals surface area contributed by atoms with Crippen molar-refractivity contribution >= 4 is 0 Å². The van der Waals surface area contributed by atoms with Crippen LogP contribution in [0.15, 0.2) is 18.2 Å². The highest BCUT2D eigenvalue weighted by Crippen LogP contribution is 2.30. The highest BCUT2D eigenvalue weighted by molar-refractivity contribution is 5.34. The highest BCUT2D eigenvalue weighted by Gasteiger charge is 2.31. The maximum atomic E-state index is 13.0. The molecule has 0 saturated carbocycles. The van der Waals surface area contributed by atoms with Gasteiger partial charge in [-0.3, -0.25) is 4.90 Å². The summed E-state index contributed by atoms with van der Waals surface area (Å²) in [5.41, 5.74) is 0.136. The zero-order valence-electron chi connectivity index (χ0n) is 9.42. The van der Waals surface area contributed by atoms with Crippen LogP contribution in [0.25, 0.3) is 0 Å². The van der Waals surface area contributed by atoms with Gasteiger partial charge in [0.2, 0.25) is 0 Å². The third kappa shape index (κ3) is 3.89. The number of benzene rings is 1. The molecule has 17 heavy (non-hydrogen) atoms. The summed E-state index contributed by atoms with van der Waals surface area (Å²) in [5, 5.41) is 9.48. The lowest BCUT2D eigenvalue weighted by atomic mass is 10.1. The Bertz CT molecular complexity index is 392. The standard InChI is InChI=1S/C11H13F4NO/c1-7(16(2)6-11(13,14)15)9-5-8(12)3-4-10(9)17/h3-5,7,17H,6H2,1-2H3. The Kier molecular flexibility index (Phi) is 3.98. The van der Waals surface area contributed by atoms with Crippen molar-refractivity contribution in [1.29, 1.82) is 0 Å². The van der Waals surface area contributed by atoms with Gasteiger partial charge in [-0.1, -0.05) is 0 Å². The minimum Gasteiger partial charge on any atom is -0.508 e. The van der Waals surface area contributed by atoms with Crippen LogP contribution in [0.2, 0.25) is 0 Å². The topological polar surface area (TPSA) is 23.5 Å². The minimum absolute atomic E-state index is 0.136. The van der Waals surface area contributed by atoms with E-state index < -0.39 is 24.6 Å². The molecule has 0 heterocycles. The molecule has 1 N–H and O–H groups in total. The molecule has 0 aliphatic heterocycles. The summed E-state index contributed by atoms with van der Waals surface area (Å²) in [4.78, 5) is 0.995. The van der Waals surface area contributed by atoms with E-state index in [0.29, 0.717) is 0 Å². The molecule has 1 atom stereocenters. The van der Waals surface area contributed by atoms with Crippen molar-refractivity contribution in [2.75, 3.05) is 13.6 Å². The van der Waals surface area contributed by atoms with E-state index in [1.165, 1.54) is 14.0 Å². The minimum atomic E-state index is -4.33. The molecule has 0 bridgehead atoms. The van der Waals surface area contributed by atoms with E-state index in [-0.39, 0.29) is 11.3 Å². The number of halogens is 4. The van der Waals surface area contributed by atoms with Crippen molar-refractivity contribution in [3.8, 4) is 5.75 Å². The quantitative estimate of drug-likeness (QED) is 0.834. The van der Waals surface area contributed by atoms with Gasteiger partial charge in [0, 0.05) is 11.6 Å². The van der Waals surface area contributed by atoms with Gasteiger partial charge in [0.15, 0.2) is 0 Å². The van der Waals surface area contributed by atoms with Crippen LogP contribution < -0.4 is 0 Å². The monoisotopic (exact) mass is 251 g/mol. The zero-order valence-corrected chi connectivity index (χ0v) is 9.42. The number of alkyl halides is 3. The molecule has 0 spiro atoms. The maximum absolute atomic E-state index is 13.0. The Morgan fingerprint density at radius 1 is 1.35 bits per heavy atom. The fraction of sp³-hybridized carbons (Fsp3) is 0.455. The van der Waals surface area contributed by atoms with Gasteiger partial charge in [-0.25, -0.2) is 4.39 Å². The van der Waals surface area contributed by atoms with Crippen LogP contribution >= 0.6 is 0 Å². The normalized spacial score (nSPS) is 14.1. The number of aromatic hydroxyl groups is 1. The van der Waals surface area contributed by atoms with Crippen molar-refractivity contribution in [3.63, 3.8) is 0 Å². The first-order valence-corrected chi connectivity index (χ1v) is 4.96. The fourth-order valence-corrected chi connectivity index (χ4v) is 1.52. The molecule has 0 amide bonds. The van der Waals surface area contributed by atoms with E-state index in [1.807, 2.05) is 0 Å². The lowest BCUT2D eigenvalue weighted by Gasteiger charge is -2.26. The highest BCUT2D eigenvalue weighted by atomic mass is 19.4. The molecule has 2 nitrogen and oxygen atoms in total. The number of hydrogen-bond donors (Lipinski definition) is 1. The third-order valence-electron chi connectivity index (χ3n) is 2.53. The van der Waals surface area contributed by atoms with Crippen molar-refractivity contribution < 1.29 is 22.7 Å². The Morgan fingerprint density at radius 2 is 1.94 bits per heavy atom.